The third-order valence-electron chi connectivity index (χ3n) is 8.15. The third-order valence-corrected chi connectivity index (χ3v) is 8.31. The van der Waals surface area contributed by atoms with E-state index in [4.69, 9.17) is 18.9 Å². The number of alkyl carbamates (subject to hydrolysis) is 1. The number of ether oxygens (including phenoxy) is 4. The zero-order valence-corrected chi connectivity index (χ0v) is 22.2. The Morgan fingerprint density at radius 1 is 1.11 bits per heavy atom. The topological polar surface area (TPSA) is 114 Å². The van der Waals surface area contributed by atoms with Crippen LogP contribution in [0.2, 0.25) is 0 Å². The minimum Gasteiger partial charge on any atom is -0.443 e. The highest BCUT2D eigenvalue weighted by Gasteiger charge is 2.72. The molecule has 4 rings (SSSR count). The molecule has 35 heavy (non-hydrogen) atoms. The van der Waals surface area contributed by atoms with Gasteiger partial charge in [0.25, 0.3) is 0 Å². The van der Waals surface area contributed by atoms with Gasteiger partial charge in [-0.3, -0.25) is 9.52 Å². The lowest BCUT2D eigenvalue weighted by Gasteiger charge is -2.42. The number of thiol groups is 1. The number of allylic oxidation sites excluding steroid dienone is 1. The van der Waals surface area contributed by atoms with E-state index < -0.39 is 6.09 Å². The van der Waals surface area contributed by atoms with Crippen LogP contribution in [-0.4, -0.2) is 73.9 Å². The van der Waals surface area contributed by atoms with E-state index in [9.17, 15) is 9.59 Å². The molecule has 2 aliphatic carbocycles. The van der Waals surface area contributed by atoms with Gasteiger partial charge in [0.2, 0.25) is 5.91 Å². The van der Waals surface area contributed by atoms with E-state index in [0.717, 1.165) is 38.5 Å². The Labute approximate surface area is 214 Å². The van der Waals surface area contributed by atoms with Crippen molar-refractivity contribution in [3.05, 3.63) is 11.6 Å². The SMILES string of the molecule is COC1C(OC(=O)NC2CCC(NC(=O)CNS)CC2)CC[C@]2(CO2)C1[C@]1(C)OC1CC=C(C)C. The maximum absolute atomic E-state index is 12.8. The van der Waals surface area contributed by atoms with E-state index in [1.165, 1.54) is 5.57 Å². The molecule has 2 saturated carbocycles. The van der Waals surface area contributed by atoms with Gasteiger partial charge in [0.05, 0.1) is 25.2 Å². The Morgan fingerprint density at radius 3 is 2.34 bits per heavy atom. The molecule has 2 amide bonds. The molecule has 1 spiro atoms. The van der Waals surface area contributed by atoms with Crippen LogP contribution in [0.1, 0.15) is 65.7 Å². The van der Waals surface area contributed by atoms with Gasteiger partial charge in [-0.2, -0.15) is 0 Å². The first kappa shape index (κ1) is 26.7. The summed E-state index contributed by atoms with van der Waals surface area (Å²) in [4.78, 5) is 24.6. The molecule has 0 aromatic carbocycles. The molecular weight excluding hydrogens is 470 g/mol. The summed E-state index contributed by atoms with van der Waals surface area (Å²) in [5.74, 6) is -0.0602. The van der Waals surface area contributed by atoms with Gasteiger partial charge in [-0.05, 0) is 65.7 Å². The fourth-order valence-electron chi connectivity index (χ4n) is 6.14. The minimum absolute atomic E-state index is 0.00732. The number of hydrogen-bond acceptors (Lipinski definition) is 8. The number of carbonyl (C=O) groups excluding carboxylic acids is 2. The molecule has 2 saturated heterocycles. The number of amides is 2. The normalized spacial score (nSPS) is 40.0. The van der Waals surface area contributed by atoms with Crippen LogP contribution in [0.5, 0.6) is 0 Å². The average Bonchev–Trinajstić information content (AvgIpc) is 3.72. The summed E-state index contributed by atoms with van der Waals surface area (Å²) in [6.45, 7) is 7.21. The smallest absolute Gasteiger partial charge is 0.407 e. The second-order valence-electron chi connectivity index (χ2n) is 10.9. The van der Waals surface area contributed by atoms with E-state index in [1.807, 2.05) is 0 Å². The van der Waals surface area contributed by atoms with Gasteiger partial charge < -0.3 is 29.6 Å². The average molecular weight is 512 g/mol. The summed E-state index contributed by atoms with van der Waals surface area (Å²) in [7, 11) is 1.68. The lowest BCUT2D eigenvalue weighted by Crippen LogP contribution is -2.56. The van der Waals surface area contributed by atoms with Crippen molar-refractivity contribution < 1.29 is 28.5 Å². The summed E-state index contributed by atoms with van der Waals surface area (Å²) in [5, 5.41) is 6.02. The number of hydrogen-bond donors (Lipinski definition) is 4. The van der Waals surface area contributed by atoms with Crippen molar-refractivity contribution in [3.63, 3.8) is 0 Å². The molecule has 10 heteroatoms. The van der Waals surface area contributed by atoms with Crippen LogP contribution in [0.3, 0.4) is 0 Å². The van der Waals surface area contributed by atoms with E-state index >= 15 is 0 Å². The maximum Gasteiger partial charge on any atom is 0.407 e. The Hall–Kier alpha value is -1.33. The zero-order valence-electron chi connectivity index (χ0n) is 21.3. The van der Waals surface area contributed by atoms with Crippen molar-refractivity contribution in [2.24, 2.45) is 5.92 Å². The van der Waals surface area contributed by atoms with E-state index in [1.54, 1.807) is 7.11 Å². The van der Waals surface area contributed by atoms with E-state index in [-0.39, 0.29) is 60.0 Å². The highest BCUT2D eigenvalue weighted by Crippen LogP contribution is 2.59. The van der Waals surface area contributed by atoms with Gasteiger partial charge in [-0.25, -0.2) is 4.79 Å². The van der Waals surface area contributed by atoms with Gasteiger partial charge in [0, 0.05) is 19.2 Å². The number of methoxy groups -OCH3 is 1. The number of rotatable bonds is 9. The van der Waals surface area contributed by atoms with Crippen LogP contribution < -0.4 is 15.4 Å². The molecule has 198 valence electrons. The summed E-state index contributed by atoms with van der Waals surface area (Å²) in [5.41, 5.74) is 0.681. The summed E-state index contributed by atoms with van der Waals surface area (Å²) in [6, 6.07) is 0.165. The van der Waals surface area contributed by atoms with Crippen molar-refractivity contribution in [1.29, 1.82) is 0 Å². The Balaban J connectivity index is 1.30. The van der Waals surface area contributed by atoms with Crippen LogP contribution in [-0.2, 0) is 23.7 Å². The predicted molar refractivity (Wildman–Crippen MR) is 134 cm³/mol. The lowest BCUT2D eigenvalue weighted by molar-refractivity contribution is -0.120. The van der Waals surface area contributed by atoms with Crippen LogP contribution >= 0.6 is 12.8 Å². The van der Waals surface area contributed by atoms with Crippen molar-refractivity contribution in [2.75, 3.05) is 20.3 Å². The molecule has 3 N–H and O–H groups in total. The van der Waals surface area contributed by atoms with Gasteiger partial charge in [0.15, 0.2) is 0 Å². The van der Waals surface area contributed by atoms with E-state index in [2.05, 4.69) is 55.0 Å². The fourth-order valence-corrected chi connectivity index (χ4v) is 6.28. The van der Waals surface area contributed by atoms with Crippen LogP contribution in [0.25, 0.3) is 0 Å². The van der Waals surface area contributed by atoms with Crippen molar-refractivity contribution >= 4 is 24.8 Å². The number of carbonyl (C=O) groups is 2. The van der Waals surface area contributed by atoms with Gasteiger partial charge in [-0.15, -0.1) is 0 Å². The zero-order chi connectivity index (χ0) is 25.2. The molecular formula is C25H41N3O6S. The molecule has 0 radical (unpaired) electrons. The van der Waals surface area contributed by atoms with Gasteiger partial charge in [0.1, 0.15) is 23.4 Å². The Kier molecular flexibility index (Phi) is 8.37. The molecule has 6 atom stereocenters. The molecule has 4 fully saturated rings. The monoisotopic (exact) mass is 511 g/mol. The molecule has 0 aromatic heterocycles. The molecule has 9 nitrogen and oxygen atoms in total. The number of nitrogens with one attached hydrogen (secondary N) is 3. The molecule has 0 bridgehead atoms. The molecule has 4 unspecified atom stereocenters. The highest BCUT2D eigenvalue weighted by molar-refractivity contribution is 7.78. The summed E-state index contributed by atoms with van der Waals surface area (Å²) >= 11 is 3.86. The minimum atomic E-state index is -0.404. The maximum atomic E-state index is 12.8. The second kappa shape index (κ2) is 11.0. The van der Waals surface area contributed by atoms with Gasteiger partial charge >= 0.3 is 6.09 Å². The number of epoxide rings is 2. The first-order valence-corrected chi connectivity index (χ1v) is 13.3. The Morgan fingerprint density at radius 2 is 1.77 bits per heavy atom. The van der Waals surface area contributed by atoms with Crippen LogP contribution in [0.4, 0.5) is 4.79 Å². The first-order chi connectivity index (χ1) is 16.7. The van der Waals surface area contributed by atoms with Crippen LogP contribution in [0.15, 0.2) is 11.6 Å². The standard InChI is InChI=1S/C25H41N3O6S/c1-15(2)5-10-19-24(3,34-19)22-21(31-4)18(11-12-25(22)14-32-25)33-23(30)28-17-8-6-16(7-9-17)27-20(29)13-26-35/h5,16-19,21-22,26,35H,6-14H2,1-4H3,(H,27,29)(H,28,30)/t16?,17?,18?,19?,21?,22?,24-,25+/m1/s1. The van der Waals surface area contributed by atoms with Gasteiger partial charge in [-0.1, -0.05) is 24.5 Å². The van der Waals surface area contributed by atoms with Crippen molar-refractivity contribution in [1.82, 2.24) is 15.4 Å². The van der Waals surface area contributed by atoms with Crippen molar-refractivity contribution in [3.8, 4) is 0 Å². The second-order valence-corrected chi connectivity index (χ2v) is 11.2. The largest absolute Gasteiger partial charge is 0.443 e. The molecule has 0 aromatic rings. The molecule has 2 heterocycles. The summed E-state index contributed by atoms with van der Waals surface area (Å²) < 4.78 is 26.7. The molecule has 4 aliphatic rings. The quantitative estimate of drug-likeness (QED) is 0.214. The fraction of sp³-hybridized carbons (Fsp3) is 0.840. The third kappa shape index (κ3) is 6.15. The van der Waals surface area contributed by atoms with Crippen molar-refractivity contribution in [2.45, 2.75) is 107 Å². The highest BCUT2D eigenvalue weighted by atomic mass is 32.1. The summed E-state index contributed by atoms with van der Waals surface area (Å²) in [6.07, 6.45) is 6.91. The van der Waals surface area contributed by atoms with Crippen LogP contribution in [0, 0.1) is 5.92 Å². The molecule has 2 aliphatic heterocycles. The predicted octanol–water partition coefficient (Wildman–Crippen LogP) is 2.65. The lowest BCUT2D eigenvalue weighted by atomic mass is 9.68. The first-order valence-electron chi connectivity index (χ1n) is 12.8. The Bertz CT molecular complexity index is 809. The van der Waals surface area contributed by atoms with E-state index in [0.29, 0.717) is 13.0 Å².